The van der Waals surface area contributed by atoms with Gasteiger partial charge in [0.1, 0.15) is 17.8 Å². The number of anilines is 1. The highest BCUT2D eigenvalue weighted by Crippen LogP contribution is 2.30. The number of nitro benzene ring substituents is 1. The molecule has 144 valence electrons. The van der Waals surface area contributed by atoms with Crippen LogP contribution in [0.4, 0.5) is 11.4 Å². The van der Waals surface area contributed by atoms with E-state index in [-0.39, 0.29) is 11.4 Å². The Balaban J connectivity index is 1.71. The highest BCUT2D eigenvalue weighted by atomic mass is 16.6. The first-order valence-corrected chi connectivity index (χ1v) is 8.73. The van der Waals surface area contributed by atoms with Crippen LogP contribution >= 0.6 is 0 Å². The number of carbonyl (C=O) groups excluding carboxylic acids is 1. The standard InChI is InChI=1S/C21H16N4O4/c1-29-16-8-10-19-18(12-16)22-13-24(19)15-7-9-17(20(11-15)25(27)28)23-21(26)14-5-3-2-4-6-14/h2-13H,1H3,(H,23,26). The summed E-state index contributed by atoms with van der Waals surface area (Å²) in [6, 6.07) is 18.6. The zero-order valence-corrected chi connectivity index (χ0v) is 15.4. The maximum atomic E-state index is 12.4. The summed E-state index contributed by atoms with van der Waals surface area (Å²) >= 11 is 0. The van der Waals surface area contributed by atoms with Gasteiger partial charge in [-0.05, 0) is 36.4 Å². The van der Waals surface area contributed by atoms with E-state index in [1.54, 1.807) is 66.5 Å². The second-order valence-corrected chi connectivity index (χ2v) is 6.25. The molecule has 0 saturated carbocycles. The molecule has 29 heavy (non-hydrogen) atoms. The molecule has 0 atom stereocenters. The Kier molecular flexibility index (Phi) is 4.66. The Hall–Kier alpha value is -4.20. The van der Waals surface area contributed by atoms with Crippen LogP contribution in [0.2, 0.25) is 0 Å². The minimum atomic E-state index is -0.522. The van der Waals surface area contributed by atoms with E-state index in [0.717, 1.165) is 5.52 Å². The van der Waals surface area contributed by atoms with Crippen LogP contribution in [0, 0.1) is 10.1 Å². The molecule has 0 radical (unpaired) electrons. The Morgan fingerprint density at radius 2 is 1.90 bits per heavy atom. The first-order valence-electron chi connectivity index (χ1n) is 8.73. The number of ether oxygens (including phenoxy) is 1. The minimum Gasteiger partial charge on any atom is -0.497 e. The molecule has 3 aromatic carbocycles. The largest absolute Gasteiger partial charge is 0.497 e. The average Bonchev–Trinajstić information content (AvgIpc) is 3.17. The SMILES string of the molecule is COc1ccc2c(c1)ncn2-c1ccc(NC(=O)c2ccccc2)c([N+](=O)[O-])c1. The third kappa shape index (κ3) is 3.51. The maximum absolute atomic E-state index is 12.4. The van der Waals surface area contributed by atoms with Crippen molar-refractivity contribution in [1.29, 1.82) is 0 Å². The highest BCUT2D eigenvalue weighted by molar-refractivity contribution is 6.05. The van der Waals surface area contributed by atoms with Gasteiger partial charge in [0.2, 0.25) is 0 Å². The molecule has 1 aromatic heterocycles. The molecule has 0 aliphatic rings. The molecule has 8 heteroatoms. The molecule has 4 rings (SSSR count). The third-order valence-electron chi connectivity index (χ3n) is 4.49. The smallest absolute Gasteiger partial charge is 0.294 e. The van der Waals surface area contributed by atoms with Crippen molar-refractivity contribution in [3.8, 4) is 11.4 Å². The lowest BCUT2D eigenvalue weighted by Crippen LogP contribution is -2.13. The van der Waals surface area contributed by atoms with Crippen molar-refractivity contribution in [3.63, 3.8) is 0 Å². The van der Waals surface area contributed by atoms with Crippen LogP contribution in [-0.2, 0) is 0 Å². The Labute approximate surface area is 165 Å². The third-order valence-corrected chi connectivity index (χ3v) is 4.49. The molecule has 0 bridgehead atoms. The topological polar surface area (TPSA) is 99.3 Å². The fourth-order valence-corrected chi connectivity index (χ4v) is 3.04. The lowest BCUT2D eigenvalue weighted by atomic mass is 10.2. The number of methoxy groups -OCH3 is 1. The van der Waals surface area contributed by atoms with Crippen LogP contribution in [0.5, 0.6) is 5.75 Å². The van der Waals surface area contributed by atoms with E-state index >= 15 is 0 Å². The van der Waals surface area contributed by atoms with Gasteiger partial charge in [0, 0.05) is 17.7 Å². The molecule has 1 N–H and O–H groups in total. The fraction of sp³-hybridized carbons (Fsp3) is 0.0476. The second-order valence-electron chi connectivity index (χ2n) is 6.25. The lowest BCUT2D eigenvalue weighted by Gasteiger charge is -2.09. The quantitative estimate of drug-likeness (QED) is 0.408. The van der Waals surface area contributed by atoms with E-state index in [9.17, 15) is 14.9 Å². The number of hydrogen-bond acceptors (Lipinski definition) is 5. The molecule has 1 amide bonds. The molecule has 0 aliphatic heterocycles. The van der Waals surface area contributed by atoms with Crippen LogP contribution in [0.25, 0.3) is 16.7 Å². The van der Waals surface area contributed by atoms with Gasteiger partial charge >= 0.3 is 0 Å². The van der Waals surface area contributed by atoms with Gasteiger partial charge in [-0.15, -0.1) is 0 Å². The number of aromatic nitrogens is 2. The first-order chi connectivity index (χ1) is 14.1. The number of rotatable bonds is 5. The summed E-state index contributed by atoms with van der Waals surface area (Å²) in [7, 11) is 1.57. The van der Waals surface area contributed by atoms with Crippen LogP contribution in [0.15, 0.2) is 73.1 Å². The van der Waals surface area contributed by atoms with Crippen LogP contribution in [-0.4, -0.2) is 27.5 Å². The molecule has 0 aliphatic carbocycles. The van der Waals surface area contributed by atoms with Gasteiger partial charge in [0.25, 0.3) is 11.6 Å². The summed E-state index contributed by atoms with van der Waals surface area (Å²) in [6.07, 6.45) is 1.59. The van der Waals surface area contributed by atoms with Gasteiger partial charge < -0.3 is 10.1 Å². The molecule has 0 fully saturated rings. The molecule has 0 spiro atoms. The van der Waals surface area contributed by atoms with Gasteiger partial charge in [0.05, 0.1) is 28.8 Å². The van der Waals surface area contributed by atoms with Crippen molar-refractivity contribution >= 4 is 28.3 Å². The van der Waals surface area contributed by atoms with Gasteiger partial charge in [-0.1, -0.05) is 18.2 Å². The Morgan fingerprint density at radius 3 is 2.62 bits per heavy atom. The number of benzene rings is 3. The van der Waals surface area contributed by atoms with E-state index in [0.29, 0.717) is 22.5 Å². The average molecular weight is 388 g/mol. The molecule has 4 aromatic rings. The van der Waals surface area contributed by atoms with Crippen molar-refractivity contribution in [2.75, 3.05) is 12.4 Å². The van der Waals surface area contributed by atoms with E-state index < -0.39 is 10.8 Å². The van der Waals surface area contributed by atoms with Crippen LogP contribution < -0.4 is 10.1 Å². The summed E-state index contributed by atoms with van der Waals surface area (Å²) in [5.74, 6) is 0.259. The van der Waals surface area contributed by atoms with Crippen molar-refractivity contribution in [2.24, 2.45) is 0 Å². The zero-order chi connectivity index (χ0) is 20.4. The van der Waals surface area contributed by atoms with Crippen molar-refractivity contribution < 1.29 is 14.5 Å². The van der Waals surface area contributed by atoms with Gasteiger partial charge in [-0.25, -0.2) is 4.98 Å². The Bertz CT molecular complexity index is 1220. The van der Waals surface area contributed by atoms with Gasteiger partial charge in [-0.3, -0.25) is 19.5 Å². The number of hydrogen-bond donors (Lipinski definition) is 1. The lowest BCUT2D eigenvalue weighted by molar-refractivity contribution is -0.383. The summed E-state index contributed by atoms with van der Waals surface area (Å²) in [5.41, 5.74) is 2.37. The molecular formula is C21H16N4O4. The number of nitro groups is 1. The second kappa shape index (κ2) is 7.43. The molecule has 8 nitrogen and oxygen atoms in total. The first kappa shape index (κ1) is 18.2. The van der Waals surface area contributed by atoms with E-state index in [1.807, 2.05) is 6.07 Å². The predicted molar refractivity (Wildman–Crippen MR) is 109 cm³/mol. The number of nitrogens with zero attached hydrogens (tertiary/aromatic N) is 3. The normalized spacial score (nSPS) is 10.7. The summed E-state index contributed by atoms with van der Waals surface area (Å²) in [4.78, 5) is 27.8. The van der Waals surface area contributed by atoms with E-state index in [2.05, 4.69) is 10.3 Å². The Morgan fingerprint density at radius 1 is 1.10 bits per heavy atom. The molecule has 0 unspecified atom stereocenters. The summed E-state index contributed by atoms with van der Waals surface area (Å²) in [6.45, 7) is 0. The number of carbonyl (C=O) groups is 1. The van der Waals surface area contributed by atoms with E-state index in [1.165, 1.54) is 12.1 Å². The number of imidazole rings is 1. The van der Waals surface area contributed by atoms with Gasteiger partial charge in [-0.2, -0.15) is 0 Å². The number of fused-ring (bicyclic) bond motifs is 1. The van der Waals surface area contributed by atoms with Crippen molar-refractivity contribution in [3.05, 3.63) is 88.7 Å². The number of nitrogens with one attached hydrogen (secondary N) is 1. The van der Waals surface area contributed by atoms with Gasteiger partial charge in [0.15, 0.2) is 0 Å². The minimum absolute atomic E-state index is 0.124. The highest BCUT2D eigenvalue weighted by Gasteiger charge is 2.19. The predicted octanol–water partition coefficient (Wildman–Crippen LogP) is 4.19. The van der Waals surface area contributed by atoms with Crippen molar-refractivity contribution in [1.82, 2.24) is 9.55 Å². The monoisotopic (exact) mass is 388 g/mol. The zero-order valence-electron chi connectivity index (χ0n) is 15.4. The molecular weight excluding hydrogens is 372 g/mol. The molecule has 1 heterocycles. The number of amides is 1. The molecule has 0 saturated heterocycles. The maximum Gasteiger partial charge on any atom is 0.294 e. The summed E-state index contributed by atoms with van der Waals surface area (Å²) < 4.78 is 6.94. The van der Waals surface area contributed by atoms with Crippen LogP contribution in [0.3, 0.4) is 0 Å². The van der Waals surface area contributed by atoms with E-state index in [4.69, 9.17) is 4.74 Å². The summed E-state index contributed by atoms with van der Waals surface area (Å²) in [5, 5.41) is 14.2. The van der Waals surface area contributed by atoms with Crippen molar-refractivity contribution in [2.45, 2.75) is 0 Å². The fourth-order valence-electron chi connectivity index (χ4n) is 3.04. The van der Waals surface area contributed by atoms with Crippen LogP contribution in [0.1, 0.15) is 10.4 Å².